The zero-order chi connectivity index (χ0) is 23.6. The van der Waals surface area contributed by atoms with Gasteiger partial charge in [0.1, 0.15) is 22.0 Å². The second-order valence-corrected chi connectivity index (χ2v) is 9.37. The van der Waals surface area contributed by atoms with Crippen LogP contribution < -0.4 is 10.1 Å². The fraction of sp³-hybridized carbons (Fsp3) is 0.130. The third-order valence-electron chi connectivity index (χ3n) is 4.90. The molecule has 0 spiro atoms. The Bertz CT molecular complexity index is 1380. The van der Waals surface area contributed by atoms with E-state index < -0.39 is 15.9 Å². The lowest BCUT2D eigenvalue weighted by atomic mass is 10.2. The van der Waals surface area contributed by atoms with Gasteiger partial charge in [0.25, 0.3) is 5.91 Å². The fourth-order valence-corrected chi connectivity index (χ4v) is 4.28. The van der Waals surface area contributed by atoms with Gasteiger partial charge in [0.2, 0.25) is 10.0 Å². The summed E-state index contributed by atoms with van der Waals surface area (Å²) in [5, 5.41) is 7.29. The molecule has 0 bridgehead atoms. The molecule has 0 aliphatic carbocycles. The molecule has 1 amide bonds. The number of ether oxygens (including phenoxy) is 1. The Hall–Kier alpha value is -3.89. The van der Waals surface area contributed by atoms with Crippen molar-refractivity contribution in [3.63, 3.8) is 0 Å². The van der Waals surface area contributed by atoms with E-state index in [1.54, 1.807) is 24.3 Å². The lowest BCUT2D eigenvalue weighted by Crippen LogP contribution is -2.23. The van der Waals surface area contributed by atoms with E-state index in [0.717, 1.165) is 4.31 Å². The number of carbonyl (C=O) groups excluding carboxylic acids is 1. The molecular weight excluding hydrogens is 444 g/mol. The van der Waals surface area contributed by atoms with Gasteiger partial charge in [0.15, 0.2) is 5.76 Å². The van der Waals surface area contributed by atoms with Gasteiger partial charge in [-0.25, -0.2) is 17.4 Å². The maximum absolute atomic E-state index is 13.2. The van der Waals surface area contributed by atoms with Crippen molar-refractivity contribution < 1.29 is 22.4 Å². The largest absolute Gasteiger partial charge is 0.495 e. The van der Waals surface area contributed by atoms with Crippen LogP contribution in [0.25, 0.3) is 17.1 Å². The summed E-state index contributed by atoms with van der Waals surface area (Å²) in [6, 6.07) is 18.7. The van der Waals surface area contributed by atoms with Crippen molar-refractivity contribution in [1.29, 1.82) is 0 Å². The fourth-order valence-electron chi connectivity index (χ4n) is 3.20. The molecule has 0 unspecified atom stereocenters. The van der Waals surface area contributed by atoms with E-state index in [1.165, 1.54) is 44.3 Å². The number of benzene rings is 2. The minimum atomic E-state index is -3.79. The highest BCUT2D eigenvalue weighted by Crippen LogP contribution is 2.29. The first-order valence-corrected chi connectivity index (χ1v) is 11.4. The van der Waals surface area contributed by atoms with Crippen LogP contribution in [0, 0.1) is 0 Å². The van der Waals surface area contributed by atoms with Crippen LogP contribution in [0.5, 0.6) is 5.75 Å². The van der Waals surface area contributed by atoms with Crippen molar-refractivity contribution in [3.05, 3.63) is 78.7 Å². The number of para-hydroxylation sites is 1. The third-order valence-corrected chi connectivity index (χ3v) is 6.73. The number of amides is 1. The molecule has 9 nitrogen and oxygen atoms in total. The van der Waals surface area contributed by atoms with Crippen molar-refractivity contribution >= 4 is 21.6 Å². The Balaban J connectivity index is 1.74. The van der Waals surface area contributed by atoms with Crippen LogP contribution in [0.2, 0.25) is 0 Å². The Labute approximate surface area is 191 Å². The SMILES string of the molecule is COc1ccc(NC(=O)c2cc(-c3ccco3)nn2-c2ccccc2)cc1S(=O)(=O)N(C)C. The second-order valence-electron chi connectivity index (χ2n) is 7.25. The van der Waals surface area contributed by atoms with E-state index >= 15 is 0 Å². The number of hydrogen-bond donors (Lipinski definition) is 1. The van der Waals surface area contributed by atoms with Crippen LogP contribution in [0.3, 0.4) is 0 Å². The second kappa shape index (κ2) is 8.93. The number of sulfonamides is 1. The van der Waals surface area contributed by atoms with Crippen molar-refractivity contribution in [2.45, 2.75) is 4.90 Å². The van der Waals surface area contributed by atoms with Crippen LogP contribution in [-0.2, 0) is 10.0 Å². The van der Waals surface area contributed by atoms with E-state index in [9.17, 15) is 13.2 Å². The number of furan rings is 1. The topological polar surface area (TPSA) is 107 Å². The van der Waals surface area contributed by atoms with Crippen molar-refractivity contribution in [2.24, 2.45) is 0 Å². The number of methoxy groups -OCH3 is 1. The number of nitrogens with one attached hydrogen (secondary N) is 1. The van der Waals surface area contributed by atoms with Gasteiger partial charge in [-0.15, -0.1) is 0 Å². The van der Waals surface area contributed by atoms with Gasteiger partial charge in [-0.05, 0) is 42.5 Å². The summed E-state index contributed by atoms with van der Waals surface area (Å²) in [5.74, 6) is 0.223. The summed E-state index contributed by atoms with van der Waals surface area (Å²) in [6.45, 7) is 0. The monoisotopic (exact) mass is 466 g/mol. The predicted octanol–water partition coefficient (Wildman–Crippen LogP) is 3.64. The highest BCUT2D eigenvalue weighted by Gasteiger charge is 2.24. The van der Waals surface area contributed by atoms with Gasteiger partial charge in [0.05, 0.1) is 19.1 Å². The summed E-state index contributed by atoms with van der Waals surface area (Å²) >= 11 is 0. The molecule has 170 valence electrons. The molecule has 2 aromatic carbocycles. The number of carbonyl (C=O) groups is 1. The number of nitrogens with zero attached hydrogens (tertiary/aromatic N) is 3. The van der Waals surface area contributed by atoms with Crippen LogP contribution in [0.15, 0.2) is 82.3 Å². The average molecular weight is 467 g/mol. The van der Waals surface area contributed by atoms with Crippen molar-refractivity contribution in [2.75, 3.05) is 26.5 Å². The molecule has 0 saturated carbocycles. The minimum Gasteiger partial charge on any atom is -0.495 e. The maximum atomic E-state index is 13.2. The van der Waals surface area contributed by atoms with Gasteiger partial charge in [-0.3, -0.25) is 4.79 Å². The lowest BCUT2D eigenvalue weighted by Gasteiger charge is -2.16. The van der Waals surface area contributed by atoms with Gasteiger partial charge in [-0.1, -0.05) is 18.2 Å². The van der Waals surface area contributed by atoms with Crippen LogP contribution >= 0.6 is 0 Å². The minimum absolute atomic E-state index is 0.0550. The standard InChI is InChI=1S/C23H22N4O5S/c1-26(2)33(29,30)22-14-16(11-12-21(22)31-3)24-23(28)19-15-18(20-10-7-13-32-20)25-27(19)17-8-5-4-6-9-17/h4-15H,1-3H3,(H,24,28). The predicted molar refractivity (Wildman–Crippen MR) is 123 cm³/mol. The van der Waals surface area contributed by atoms with E-state index in [2.05, 4.69) is 10.4 Å². The molecule has 0 fully saturated rings. The molecule has 1 N–H and O–H groups in total. The van der Waals surface area contributed by atoms with Crippen LogP contribution in [-0.4, -0.2) is 49.6 Å². The van der Waals surface area contributed by atoms with E-state index in [4.69, 9.17) is 9.15 Å². The number of anilines is 1. The van der Waals surface area contributed by atoms with E-state index in [0.29, 0.717) is 22.8 Å². The lowest BCUT2D eigenvalue weighted by molar-refractivity contribution is 0.101. The smallest absolute Gasteiger partial charge is 0.274 e. The normalized spacial score (nSPS) is 11.5. The molecule has 4 aromatic rings. The van der Waals surface area contributed by atoms with Gasteiger partial charge < -0.3 is 14.5 Å². The highest BCUT2D eigenvalue weighted by atomic mass is 32.2. The molecule has 2 aromatic heterocycles. The molecule has 10 heteroatoms. The first-order chi connectivity index (χ1) is 15.8. The summed E-state index contributed by atoms with van der Waals surface area (Å²) in [5.41, 5.74) is 1.72. The quantitative estimate of drug-likeness (QED) is 0.446. The molecule has 0 radical (unpaired) electrons. The molecular formula is C23H22N4O5S. The average Bonchev–Trinajstić information content (AvgIpc) is 3.49. The first-order valence-electron chi connectivity index (χ1n) is 9.92. The van der Waals surface area contributed by atoms with E-state index in [-0.39, 0.29) is 16.3 Å². The molecule has 0 aliphatic rings. The Morgan fingerprint density at radius 3 is 2.45 bits per heavy atom. The van der Waals surface area contributed by atoms with Crippen molar-refractivity contribution in [1.82, 2.24) is 14.1 Å². The summed E-state index contributed by atoms with van der Waals surface area (Å²) in [7, 11) is 0.444. The van der Waals surface area contributed by atoms with Gasteiger partial charge in [-0.2, -0.15) is 5.10 Å². The van der Waals surface area contributed by atoms with Gasteiger partial charge >= 0.3 is 0 Å². The molecule has 0 atom stereocenters. The van der Waals surface area contributed by atoms with Gasteiger partial charge in [0, 0.05) is 25.8 Å². The Kier molecular flexibility index (Phi) is 6.03. The van der Waals surface area contributed by atoms with Crippen LogP contribution in [0.4, 0.5) is 5.69 Å². The third kappa shape index (κ3) is 4.38. The molecule has 2 heterocycles. The van der Waals surface area contributed by atoms with Crippen molar-refractivity contribution in [3.8, 4) is 22.9 Å². The summed E-state index contributed by atoms with van der Waals surface area (Å²) in [4.78, 5) is 13.2. The number of aromatic nitrogens is 2. The number of rotatable bonds is 7. The zero-order valence-electron chi connectivity index (χ0n) is 18.2. The Morgan fingerprint density at radius 1 is 1.06 bits per heavy atom. The first kappa shape index (κ1) is 22.3. The Morgan fingerprint density at radius 2 is 1.82 bits per heavy atom. The molecule has 0 saturated heterocycles. The maximum Gasteiger partial charge on any atom is 0.274 e. The van der Waals surface area contributed by atoms with E-state index in [1.807, 2.05) is 30.3 Å². The number of hydrogen-bond acceptors (Lipinski definition) is 6. The zero-order valence-corrected chi connectivity index (χ0v) is 19.0. The van der Waals surface area contributed by atoms with Crippen LogP contribution in [0.1, 0.15) is 10.5 Å². The molecule has 33 heavy (non-hydrogen) atoms. The summed E-state index contributed by atoms with van der Waals surface area (Å²) in [6.07, 6.45) is 1.53. The highest BCUT2D eigenvalue weighted by molar-refractivity contribution is 7.89. The molecule has 4 rings (SSSR count). The summed E-state index contributed by atoms with van der Waals surface area (Å²) < 4.78 is 38.6. The molecule has 0 aliphatic heterocycles.